The average Bonchev–Trinajstić information content (AvgIpc) is 3.36. The molecular weight excluding hydrogens is 906 g/mol. The van der Waals surface area contributed by atoms with E-state index in [-0.39, 0.29) is 38.6 Å². The van der Waals surface area contributed by atoms with E-state index in [4.69, 9.17) is 24.3 Å². The van der Waals surface area contributed by atoms with Gasteiger partial charge in [0, 0.05) is 19.4 Å². The SMILES string of the molecule is CCCCCCC/C=C\C/C=C\CCCCCCCCCCCCCCCCCC(=O)OC(COC(=O)CCCCCCCCCCCCCCCCCCCCCCCCC)COP(=O)(O)OCCN. The van der Waals surface area contributed by atoms with Crippen molar-refractivity contribution in [1.82, 2.24) is 0 Å². The van der Waals surface area contributed by atoms with Crippen LogP contribution in [-0.2, 0) is 32.7 Å². The lowest BCUT2D eigenvalue weighted by Crippen LogP contribution is -2.29. The molecule has 420 valence electrons. The smallest absolute Gasteiger partial charge is 0.462 e. The molecule has 0 aliphatic rings. The van der Waals surface area contributed by atoms with Gasteiger partial charge in [-0.1, -0.05) is 289 Å². The van der Waals surface area contributed by atoms with Gasteiger partial charge in [-0.2, -0.15) is 0 Å². The molecule has 0 aromatic rings. The second-order valence-corrected chi connectivity index (χ2v) is 22.4. The van der Waals surface area contributed by atoms with E-state index < -0.39 is 26.5 Å². The van der Waals surface area contributed by atoms with Gasteiger partial charge in [-0.3, -0.25) is 18.6 Å². The number of unbranched alkanes of at least 4 members (excludes halogenated alkanes) is 42. The topological polar surface area (TPSA) is 134 Å². The number of esters is 2. The molecule has 71 heavy (non-hydrogen) atoms. The van der Waals surface area contributed by atoms with Gasteiger partial charge in [-0.15, -0.1) is 0 Å². The van der Waals surface area contributed by atoms with E-state index >= 15 is 0 Å². The number of nitrogens with two attached hydrogens (primary N) is 1. The fraction of sp³-hybridized carbons (Fsp3) is 0.902. The number of phosphoric ester groups is 1. The van der Waals surface area contributed by atoms with E-state index in [1.807, 2.05) is 0 Å². The summed E-state index contributed by atoms with van der Waals surface area (Å²) in [5, 5.41) is 0. The third kappa shape index (κ3) is 57.6. The molecule has 2 atom stereocenters. The van der Waals surface area contributed by atoms with Gasteiger partial charge >= 0.3 is 19.8 Å². The Morgan fingerprint density at radius 3 is 1.07 bits per heavy atom. The number of hydrogen-bond acceptors (Lipinski definition) is 8. The first kappa shape index (κ1) is 69.5. The molecule has 3 N–H and O–H groups in total. The van der Waals surface area contributed by atoms with Crippen molar-refractivity contribution < 1.29 is 37.6 Å². The highest BCUT2D eigenvalue weighted by atomic mass is 31.2. The van der Waals surface area contributed by atoms with Crippen molar-refractivity contribution in [2.45, 2.75) is 328 Å². The summed E-state index contributed by atoms with van der Waals surface area (Å²) >= 11 is 0. The predicted molar refractivity (Wildman–Crippen MR) is 303 cm³/mol. The molecular formula is C61H118NO8P. The quantitative estimate of drug-likeness (QED) is 0.0264. The van der Waals surface area contributed by atoms with Crippen molar-refractivity contribution in [3.05, 3.63) is 24.3 Å². The van der Waals surface area contributed by atoms with Crippen molar-refractivity contribution in [3.8, 4) is 0 Å². The summed E-state index contributed by atoms with van der Waals surface area (Å²) in [7, 11) is -4.38. The average molecular weight is 1020 g/mol. The predicted octanol–water partition coefficient (Wildman–Crippen LogP) is 19.4. The van der Waals surface area contributed by atoms with E-state index in [2.05, 4.69) is 38.2 Å². The van der Waals surface area contributed by atoms with Crippen LogP contribution in [0, 0.1) is 0 Å². The minimum atomic E-state index is -4.38. The summed E-state index contributed by atoms with van der Waals surface area (Å²) < 4.78 is 33.1. The van der Waals surface area contributed by atoms with Gasteiger partial charge in [0.25, 0.3) is 0 Å². The first-order valence-electron chi connectivity index (χ1n) is 30.8. The van der Waals surface area contributed by atoms with Gasteiger partial charge in [0.05, 0.1) is 13.2 Å². The molecule has 0 fully saturated rings. The van der Waals surface area contributed by atoms with Gasteiger partial charge in [0.15, 0.2) is 6.10 Å². The van der Waals surface area contributed by atoms with E-state index in [1.165, 1.54) is 250 Å². The summed E-state index contributed by atoms with van der Waals surface area (Å²) in [5.41, 5.74) is 5.39. The lowest BCUT2D eigenvalue weighted by molar-refractivity contribution is -0.161. The first-order chi connectivity index (χ1) is 34.8. The van der Waals surface area contributed by atoms with Crippen LogP contribution in [0.25, 0.3) is 0 Å². The maximum absolute atomic E-state index is 12.7. The standard InChI is InChI=1S/C61H118NO8P/c1-3-5-7-9-11-13-15-17-19-21-23-25-27-28-29-30-32-34-36-38-40-42-44-46-48-50-52-54-61(64)70-59(58-69-71(65,66)68-56-55-62)57-67-60(63)53-51-49-47-45-43-41-39-37-35-33-31-26-24-22-20-18-16-14-12-10-8-6-4-2/h15,17,21,23,59H,3-14,16,18-20,22,24-58,62H2,1-2H3,(H,65,66)/b17-15-,23-21-. The van der Waals surface area contributed by atoms with Crippen LogP contribution in [0.4, 0.5) is 0 Å². The van der Waals surface area contributed by atoms with Crippen molar-refractivity contribution in [2.75, 3.05) is 26.4 Å². The van der Waals surface area contributed by atoms with Gasteiger partial charge in [-0.25, -0.2) is 4.57 Å². The Labute approximate surface area is 440 Å². The monoisotopic (exact) mass is 1020 g/mol. The Hall–Kier alpha value is -1.51. The zero-order valence-corrected chi connectivity index (χ0v) is 47.9. The number of allylic oxidation sites excluding steroid dienone is 4. The molecule has 0 saturated carbocycles. The van der Waals surface area contributed by atoms with E-state index in [0.717, 1.165) is 38.5 Å². The molecule has 9 nitrogen and oxygen atoms in total. The van der Waals surface area contributed by atoms with Crippen LogP contribution in [0.3, 0.4) is 0 Å². The van der Waals surface area contributed by atoms with Crippen LogP contribution < -0.4 is 5.73 Å². The first-order valence-corrected chi connectivity index (χ1v) is 32.3. The number of ether oxygens (including phenoxy) is 2. The van der Waals surface area contributed by atoms with Crippen molar-refractivity contribution >= 4 is 19.8 Å². The van der Waals surface area contributed by atoms with Crippen molar-refractivity contribution in [3.63, 3.8) is 0 Å². The maximum atomic E-state index is 12.7. The van der Waals surface area contributed by atoms with Crippen LogP contribution in [0.15, 0.2) is 24.3 Å². The molecule has 0 bridgehead atoms. The number of carbonyl (C=O) groups excluding carboxylic acids is 2. The number of phosphoric acid groups is 1. The summed E-state index contributed by atoms with van der Waals surface area (Å²) in [5.74, 6) is -0.807. The maximum Gasteiger partial charge on any atom is 0.472 e. The minimum absolute atomic E-state index is 0.0563. The second kappa shape index (κ2) is 57.8. The highest BCUT2D eigenvalue weighted by Crippen LogP contribution is 2.43. The van der Waals surface area contributed by atoms with Gasteiger partial charge in [-0.05, 0) is 44.9 Å². The Morgan fingerprint density at radius 2 is 0.732 bits per heavy atom. The van der Waals surface area contributed by atoms with E-state index in [1.54, 1.807) is 0 Å². The van der Waals surface area contributed by atoms with Crippen molar-refractivity contribution in [1.29, 1.82) is 0 Å². The fourth-order valence-electron chi connectivity index (χ4n) is 9.26. The Bertz CT molecular complexity index is 1210. The third-order valence-corrected chi connectivity index (χ3v) is 14.8. The zero-order chi connectivity index (χ0) is 51.7. The van der Waals surface area contributed by atoms with Crippen LogP contribution in [-0.4, -0.2) is 49.3 Å². The van der Waals surface area contributed by atoms with Crippen molar-refractivity contribution in [2.24, 2.45) is 5.73 Å². The lowest BCUT2D eigenvalue weighted by atomic mass is 10.0. The summed E-state index contributed by atoms with van der Waals surface area (Å²) in [6.07, 6.45) is 68.1. The molecule has 0 heterocycles. The molecule has 0 spiro atoms. The molecule has 0 aliphatic heterocycles. The normalized spacial score (nSPS) is 13.1. The molecule has 0 rings (SSSR count). The van der Waals surface area contributed by atoms with E-state index in [0.29, 0.717) is 6.42 Å². The Morgan fingerprint density at radius 1 is 0.423 bits per heavy atom. The molecule has 2 unspecified atom stereocenters. The van der Waals surface area contributed by atoms with Gasteiger partial charge < -0.3 is 20.1 Å². The lowest BCUT2D eigenvalue weighted by Gasteiger charge is -2.19. The van der Waals surface area contributed by atoms with Crippen LogP contribution in [0.1, 0.15) is 322 Å². The second-order valence-electron chi connectivity index (χ2n) is 20.9. The Kier molecular flexibility index (Phi) is 56.5. The third-order valence-electron chi connectivity index (χ3n) is 13.8. The van der Waals surface area contributed by atoms with Crippen LogP contribution >= 0.6 is 7.82 Å². The molecule has 0 amide bonds. The number of carbonyl (C=O) groups is 2. The molecule has 10 heteroatoms. The van der Waals surface area contributed by atoms with Crippen LogP contribution in [0.5, 0.6) is 0 Å². The van der Waals surface area contributed by atoms with Gasteiger partial charge in [0.1, 0.15) is 6.61 Å². The molecule has 0 saturated heterocycles. The number of rotatable bonds is 59. The zero-order valence-electron chi connectivity index (χ0n) is 47.0. The summed E-state index contributed by atoms with van der Waals surface area (Å²) in [4.78, 5) is 35.2. The highest BCUT2D eigenvalue weighted by molar-refractivity contribution is 7.47. The molecule has 0 aromatic carbocycles. The summed E-state index contributed by atoms with van der Waals surface area (Å²) in [6.45, 7) is 3.80. The number of hydrogen-bond donors (Lipinski definition) is 2. The molecule has 0 radical (unpaired) electrons. The largest absolute Gasteiger partial charge is 0.472 e. The fourth-order valence-corrected chi connectivity index (χ4v) is 10.0. The van der Waals surface area contributed by atoms with Crippen LogP contribution in [0.2, 0.25) is 0 Å². The van der Waals surface area contributed by atoms with E-state index in [9.17, 15) is 19.0 Å². The molecule has 0 aliphatic carbocycles. The van der Waals surface area contributed by atoms with Gasteiger partial charge in [0.2, 0.25) is 0 Å². The minimum Gasteiger partial charge on any atom is -0.462 e. The highest BCUT2D eigenvalue weighted by Gasteiger charge is 2.26. The summed E-state index contributed by atoms with van der Waals surface area (Å²) in [6, 6.07) is 0. The Balaban J connectivity index is 3.90. The molecule has 0 aromatic heterocycles.